The number of phenols is 1. The van der Waals surface area contributed by atoms with Gasteiger partial charge in [0.2, 0.25) is 0 Å². The van der Waals surface area contributed by atoms with Gasteiger partial charge >= 0.3 is 0 Å². The summed E-state index contributed by atoms with van der Waals surface area (Å²) < 4.78 is 5.35. The van der Waals surface area contributed by atoms with E-state index >= 15 is 0 Å². The fourth-order valence-corrected chi connectivity index (χ4v) is 1.54. The summed E-state index contributed by atoms with van der Waals surface area (Å²) in [5, 5.41) is 18.1. The summed E-state index contributed by atoms with van der Waals surface area (Å²) in [5.41, 5.74) is 6.82. The van der Waals surface area contributed by atoms with Gasteiger partial charge in [-0.05, 0) is 6.07 Å². The highest BCUT2D eigenvalue weighted by molar-refractivity contribution is 5.52. The molecule has 0 aliphatic carbocycles. The molecule has 3 N–H and O–H groups in total. The van der Waals surface area contributed by atoms with Crippen molar-refractivity contribution >= 4 is 0 Å². The first kappa shape index (κ1) is 8.85. The number of nitriles is 1. The molecule has 0 saturated heterocycles. The zero-order chi connectivity index (χ0) is 10.1. The standard InChI is InChI=1S/C10H10N2O2/c11-5-6-3-10-7(4-9(6)13)8(12)1-2-14-10/h3-4,8,13H,1-2,12H2. The molecule has 1 aromatic carbocycles. The smallest absolute Gasteiger partial charge is 0.133 e. The molecule has 0 spiro atoms. The fourth-order valence-electron chi connectivity index (χ4n) is 1.54. The second kappa shape index (κ2) is 3.20. The molecule has 2 rings (SSSR count). The van der Waals surface area contributed by atoms with Gasteiger partial charge in [-0.3, -0.25) is 0 Å². The minimum Gasteiger partial charge on any atom is -0.507 e. The number of nitrogens with zero attached hydrogens (tertiary/aromatic N) is 1. The van der Waals surface area contributed by atoms with Crippen molar-refractivity contribution in [3.63, 3.8) is 0 Å². The first-order chi connectivity index (χ1) is 6.72. The monoisotopic (exact) mass is 190 g/mol. The Labute approximate surface area is 81.5 Å². The maximum atomic E-state index is 9.45. The molecule has 4 heteroatoms. The lowest BCUT2D eigenvalue weighted by Gasteiger charge is -2.23. The van der Waals surface area contributed by atoms with Crippen LogP contribution in [-0.2, 0) is 0 Å². The predicted molar refractivity (Wildman–Crippen MR) is 49.9 cm³/mol. The number of phenolic OH excluding ortho intramolecular Hbond substituents is 1. The van der Waals surface area contributed by atoms with Gasteiger partial charge < -0.3 is 15.6 Å². The molecule has 1 unspecified atom stereocenters. The van der Waals surface area contributed by atoms with Crippen molar-refractivity contribution < 1.29 is 9.84 Å². The SMILES string of the molecule is N#Cc1cc2c(cc1O)C(N)CCO2. The van der Waals surface area contributed by atoms with Crippen molar-refractivity contribution in [3.05, 3.63) is 23.3 Å². The van der Waals surface area contributed by atoms with Crippen LogP contribution in [0.25, 0.3) is 0 Å². The maximum Gasteiger partial charge on any atom is 0.133 e. The topological polar surface area (TPSA) is 79.3 Å². The van der Waals surface area contributed by atoms with Gasteiger partial charge in [-0.2, -0.15) is 5.26 Å². The number of fused-ring (bicyclic) bond motifs is 1. The Kier molecular flexibility index (Phi) is 2.02. The van der Waals surface area contributed by atoms with Crippen LogP contribution in [0.1, 0.15) is 23.6 Å². The highest BCUT2D eigenvalue weighted by Gasteiger charge is 2.20. The minimum absolute atomic E-state index is 0.0350. The van der Waals surface area contributed by atoms with E-state index in [2.05, 4.69) is 0 Å². The first-order valence-electron chi connectivity index (χ1n) is 4.37. The summed E-state index contributed by atoms with van der Waals surface area (Å²) in [6.07, 6.45) is 0.734. The van der Waals surface area contributed by atoms with E-state index in [-0.39, 0.29) is 17.4 Å². The van der Waals surface area contributed by atoms with Gasteiger partial charge in [-0.1, -0.05) is 0 Å². The molecule has 0 aromatic heterocycles. The number of hydrogen-bond acceptors (Lipinski definition) is 4. The van der Waals surface area contributed by atoms with Crippen molar-refractivity contribution in [1.29, 1.82) is 5.26 Å². The normalized spacial score (nSPS) is 19.3. The molecule has 1 aliphatic rings. The van der Waals surface area contributed by atoms with Crippen molar-refractivity contribution in [3.8, 4) is 17.6 Å². The third-order valence-corrected chi connectivity index (χ3v) is 2.33. The van der Waals surface area contributed by atoms with Crippen LogP contribution in [0.4, 0.5) is 0 Å². The zero-order valence-electron chi connectivity index (χ0n) is 7.53. The highest BCUT2D eigenvalue weighted by atomic mass is 16.5. The average molecular weight is 190 g/mol. The summed E-state index contributed by atoms with van der Waals surface area (Å²) in [6.45, 7) is 0.559. The zero-order valence-corrected chi connectivity index (χ0v) is 7.53. The number of aromatic hydroxyl groups is 1. The summed E-state index contributed by atoms with van der Waals surface area (Å²) in [7, 11) is 0. The Morgan fingerprint density at radius 3 is 3.07 bits per heavy atom. The van der Waals surface area contributed by atoms with Gasteiger partial charge in [0.1, 0.15) is 17.6 Å². The van der Waals surface area contributed by atoms with E-state index in [1.54, 1.807) is 0 Å². The van der Waals surface area contributed by atoms with Crippen molar-refractivity contribution in [2.75, 3.05) is 6.61 Å². The fraction of sp³-hybridized carbons (Fsp3) is 0.300. The van der Waals surface area contributed by atoms with E-state index in [9.17, 15) is 5.11 Å². The molecule has 0 bridgehead atoms. The van der Waals surface area contributed by atoms with E-state index < -0.39 is 0 Å². The number of hydrogen-bond donors (Lipinski definition) is 2. The second-order valence-corrected chi connectivity index (χ2v) is 3.26. The lowest BCUT2D eigenvalue weighted by Crippen LogP contribution is -2.20. The first-order valence-corrected chi connectivity index (χ1v) is 4.37. The average Bonchev–Trinajstić information content (AvgIpc) is 2.19. The number of nitrogens with two attached hydrogens (primary N) is 1. The van der Waals surface area contributed by atoms with Crippen LogP contribution >= 0.6 is 0 Å². The molecule has 1 heterocycles. The van der Waals surface area contributed by atoms with E-state index in [1.807, 2.05) is 6.07 Å². The summed E-state index contributed by atoms with van der Waals surface area (Å²) in [4.78, 5) is 0. The molecule has 72 valence electrons. The van der Waals surface area contributed by atoms with Gasteiger partial charge in [0.15, 0.2) is 0 Å². The Hall–Kier alpha value is -1.73. The highest BCUT2D eigenvalue weighted by Crippen LogP contribution is 2.35. The Balaban J connectivity index is 2.55. The molecular weight excluding hydrogens is 180 g/mol. The Morgan fingerprint density at radius 2 is 2.36 bits per heavy atom. The molecule has 0 amide bonds. The number of benzene rings is 1. The van der Waals surface area contributed by atoms with Crippen LogP contribution in [0.2, 0.25) is 0 Å². The summed E-state index contributed by atoms with van der Waals surface area (Å²) in [6, 6.07) is 4.82. The summed E-state index contributed by atoms with van der Waals surface area (Å²) in [5.74, 6) is 0.574. The van der Waals surface area contributed by atoms with Crippen LogP contribution in [0.15, 0.2) is 12.1 Å². The van der Waals surface area contributed by atoms with Gasteiger partial charge in [0.25, 0.3) is 0 Å². The van der Waals surface area contributed by atoms with Crippen LogP contribution in [0, 0.1) is 11.3 Å². The van der Waals surface area contributed by atoms with E-state index in [4.69, 9.17) is 15.7 Å². The molecule has 0 fully saturated rings. The molecule has 0 saturated carbocycles. The van der Waals surface area contributed by atoms with Gasteiger partial charge in [-0.15, -0.1) is 0 Å². The molecule has 1 aliphatic heterocycles. The van der Waals surface area contributed by atoms with E-state index in [1.165, 1.54) is 12.1 Å². The van der Waals surface area contributed by atoms with Crippen LogP contribution in [0.5, 0.6) is 11.5 Å². The van der Waals surface area contributed by atoms with Crippen molar-refractivity contribution in [1.82, 2.24) is 0 Å². The van der Waals surface area contributed by atoms with Crippen molar-refractivity contribution in [2.45, 2.75) is 12.5 Å². The molecule has 1 atom stereocenters. The lowest BCUT2D eigenvalue weighted by molar-refractivity contribution is 0.268. The maximum absolute atomic E-state index is 9.45. The van der Waals surface area contributed by atoms with E-state index in [0.29, 0.717) is 12.4 Å². The second-order valence-electron chi connectivity index (χ2n) is 3.26. The predicted octanol–water partition coefficient (Wildman–Crippen LogP) is 1.05. The van der Waals surface area contributed by atoms with Crippen molar-refractivity contribution in [2.24, 2.45) is 5.73 Å². The van der Waals surface area contributed by atoms with Gasteiger partial charge in [-0.25, -0.2) is 0 Å². The quantitative estimate of drug-likeness (QED) is 0.640. The van der Waals surface area contributed by atoms with Gasteiger partial charge in [0.05, 0.1) is 12.2 Å². The Morgan fingerprint density at radius 1 is 1.57 bits per heavy atom. The molecule has 1 aromatic rings. The van der Waals surface area contributed by atoms with Crippen LogP contribution in [0.3, 0.4) is 0 Å². The lowest BCUT2D eigenvalue weighted by atomic mass is 9.99. The molecule has 4 nitrogen and oxygen atoms in total. The molecular formula is C10H10N2O2. The third kappa shape index (κ3) is 1.28. The molecule has 14 heavy (non-hydrogen) atoms. The minimum atomic E-state index is -0.114. The Bertz CT molecular complexity index is 409. The van der Waals surface area contributed by atoms with Crippen LogP contribution < -0.4 is 10.5 Å². The largest absolute Gasteiger partial charge is 0.507 e. The third-order valence-electron chi connectivity index (χ3n) is 2.33. The summed E-state index contributed by atoms with van der Waals surface area (Å²) >= 11 is 0. The number of rotatable bonds is 0. The molecule has 0 radical (unpaired) electrons. The van der Waals surface area contributed by atoms with Gasteiger partial charge in [0, 0.05) is 24.1 Å². The van der Waals surface area contributed by atoms with Crippen LogP contribution in [-0.4, -0.2) is 11.7 Å². The number of ether oxygens (including phenoxy) is 1. The van der Waals surface area contributed by atoms with E-state index in [0.717, 1.165) is 12.0 Å².